The number of nitrogens with one attached hydrogen (secondary N) is 1. The maximum Gasteiger partial charge on any atom is 0.163 e. The van der Waals surface area contributed by atoms with Crippen LogP contribution in [-0.4, -0.2) is 17.3 Å². The van der Waals surface area contributed by atoms with E-state index in [-0.39, 0.29) is 5.78 Å². The van der Waals surface area contributed by atoms with Crippen molar-refractivity contribution in [1.29, 1.82) is 0 Å². The molecule has 4 nitrogen and oxygen atoms in total. The molecule has 3 rings (SSSR count). The van der Waals surface area contributed by atoms with E-state index in [1.54, 1.807) is 6.92 Å². The summed E-state index contributed by atoms with van der Waals surface area (Å²) in [4.78, 5) is 16.3. The summed E-state index contributed by atoms with van der Waals surface area (Å²) in [6.07, 6.45) is 1.93. The Balaban J connectivity index is 1.77. The average molecular weight is 296 g/mol. The first kappa shape index (κ1) is 14.6. The number of ether oxygens (including phenoxy) is 1. The Morgan fingerprint density at radius 1 is 1.32 bits per heavy atom. The van der Waals surface area contributed by atoms with Gasteiger partial charge in [0.05, 0.1) is 11.3 Å². The van der Waals surface area contributed by atoms with Gasteiger partial charge in [-0.1, -0.05) is 19.1 Å². The average Bonchev–Trinajstić information content (AvgIpc) is 3.00. The van der Waals surface area contributed by atoms with Crippen LogP contribution in [0.2, 0.25) is 0 Å². The lowest BCUT2D eigenvalue weighted by atomic mass is 10.1. The molecular formula is C18H20N2O2. The highest BCUT2D eigenvalue weighted by Gasteiger charge is 2.13. The van der Waals surface area contributed by atoms with Gasteiger partial charge in [0.1, 0.15) is 18.2 Å². The minimum atomic E-state index is 0.0221. The molecule has 1 aromatic heterocycles. The second-order valence-corrected chi connectivity index (χ2v) is 5.52. The van der Waals surface area contributed by atoms with Gasteiger partial charge < -0.3 is 10.1 Å². The Morgan fingerprint density at radius 3 is 2.95 bits per heavy atom. The molecule has 0 spiro atoms. The van der Waals surface area contributed by atoms with Crippen LogP contribution >= 0.6 is 0 Å². The topological polar surface area (TPSA) is 51.2 Å². The highest BCUT2D eigenvalue weighted by molar-refractivity contribution is 5.97. The van der Waals surface area contributed by atoms with E-state index in [1.807, 2.05) is 24.3 Å². The molecule has 114 valence electrons. The molecule has 0 aliphatic carbocycles. The lowest BCUT2D eigenvalue weighted by Crippen LogP contribution is -2.04. The minimum Gasteiger partial charge on any atom is -0.487 e. The van der Waals surface area contributed by atoms with Crippen LogP contribution in [-0.2, 0) is 19.4 Å². The number of hydrogen-bond donors (Lipinski definition) is 1. The number of pyridine rings is 1. The summed E-state index contributed by atoms with van der Waals surface area (Å²) in [5, 5.41) is 3.26. The molecule has 1 N–H and O–H groups in total. The molecule has 1 aliphatic rings. The van der Waals surface area contributed by atoms with Crippen LogP contribution in [0.4, 0.5) is 5.82 Å². The van der Waals surface area contributed by atoms with Crippen molar-refractivity contribution in [2.24, 2.45) is 0 Å². The number of aromatic nitrogens is 1. The summed E-state index contributed by atoms with van der Waals surface area (Å²) in [5.41, 5.74) is 3.89. The predicted octanol–water partition coefficient (Wildman–Crippen LogP) is 3.39. The zero-order valence-corrected chi connectivity index (χ0v) is 13.0. The van der Waals surface area contributed by atoms with Crippen molar-refractivity contribution in [3.8, 4) is 5.75 Å². The van der Waals surface area contributed by atoms with Crippen LogP contribution < -0.4 is 10.1 Å². The second-order valence-electron chi connectivity index (χ2n) is 5.52. The number of aryl methyl sites for hydroxylation is 1. The first-order valence-corrected chi connectivity index (χ1v) is 7.66. The van der Waals surface area contributed by atoms with Gasteiger partial charge in [-0.2, -0.15) is 0 Å². The third-order valence-corrected chi connectivity index (χ3v) is 3.93. The molecule has 0 atom stereocenters. The van der Waals surface area contributed by atoms with Crippen molar-refractivity contribution >= 4 is 11.6 Å². The molecule has 0 amide bonds. The molecule has 2 aromatic rings. The van der Waals surface area contributed by atoms with E-state index >= 15 is 0 Å². The summed E-state index contributed by atoms with van der Waals surface area (Å²) < 4.78 is 5.83. The number of rotatable bonds is 5. The highest BCUT2D eigenvalue weighted by Crippen LogP contribution is 2.24. The maximum atomic E-state index is 11.8. The van der Waals surface area contributed by atoms with Crippen molar-refractivity contribution < 1.29 is 9.53 Å². The van der Waals surface area contributed by atoms with Crippen LogP contribution in [0, 0.1) is 0 Å². The number of hydrogen-bond acceptors (Lipinski definition) is 4. The predicted molar refractivity (Wildman–Crippen MR) is 86.6 cm³/mol. The Kier molecular flexibility index (Phi) is 4.09. The number of carbonyl (C=O) groups is 1. The molecule has 0 bridgehead atoms. The van der Waals surface area contributed by atoms with Gasteiger partial charge in [0.15, 0.2) is 5.78 Å². The summed E-state index contributed by atoms with van der Waals surface area (Å²) in [6, 6.07) is 9.86. The molecule has 1 aromatic carbocycles. The lowest BCUT2D eigenvalue weighted by molar-refractivity contribution is 0.101. The van der Waals surface area contributed by atoms with Gasteiger partial charge >= 0.3 is 0 Å². The molecule has 0 saturated heterocycles. The van der Waals surface area contributed by atoms with E-state index < -0.39 is 0 Å². The molecule has 2 heterocycles. The number of benzene rings is 1. The van der Waals surface area contributed by atoms with Crippen molar-refractivity contribution in [2.75, 3.05) is 11.9 Å². The maximum absolute atomic E-state index is 11.8. The first-order valence-electron chi connectivity index (χ1n) is 7.66. The SMILES string of the molecule is CCc1ccc(OCc2ccc3c(n2)NCC3)c(C(C)=O)c1. The van der Waals surface area contributed by atoms with Crippen LogP contribution in [0.15, 0.2) is 30.3 Å². The van der Waals surface area contributed by atoms with Crippen LogP contribution in [0.3, 0.4) is 0 Å². The van der Waals surface area contributed by atoms with E-state index in [0.29, 0.717) is 17.9 Å². The number of ketones is 1. The molecule has 4 heteroatoms. The second kappa shape index (κ2) is 6.18. The van der Waals surface area contributed by atoms with Gasteiger partial charge in [0, 0.05) is 6.54 Å². The van der Waals surface area contributed by atoms with Crippen LogP contribution in [0.25, 0.3) is 0 Å². The third-order valence-electron chi connectivity index (χ3n) is 3.93. The van der Waals surface area contributed by atoms with E-state index in [4.69, 9.17) is 4.74 Å². The molecule has 0 fully saturated rings. The Labute approximate surface area is 130 Å². The van der Waals surface area contributed by atoms with Crippen LogP contribution in [0.5, 0.6) is 5.75 Å². The van der Waals surface area contributed by atoms with Crippen molar-refractivity contribution in [3.05, 3.63) is 52.7 Å². The van der Waals surface area contributed by atoms with Gasteiger partial charge in [-0.3, -0.25) is 4.79 Å². The summed E-state index contributed by atoms with van der Waals surface area (Å²) in [5.74, 6) is 1.60. The van der Waals surface area contributed by atoms with E-state index in [0.717, 1.165) is 36.5 Å². The van der Waals surface area contributed by atoms with E-state index in [2.05, 4.69) is 23.3 Å². The Hall–Kier alpha value is -2.36. The summed E-state index contributed by atoms with van der Waals surface area (Å²) in [6.45, 7) is 4.95. The zero-order chi connectivity index (χ0) is 15.5. The van der Waals surface area contributed by atoms with Gasteiger partial charge in [-0.15, -0.1) is 0 Å². The molecule has 0 saturated carbocycles. The largest absolute Gasteiger partial charge is 0.487 e. The van der Waals surface area contributed by atoms with Gasteiger partial charge in [0.25, 0.3) is 0 Å². The minimum absolute atomic E-state index is 0.0221. The number of anilines is 1. The van der Waals surface area contributed by atoms with Crippen molar-refractivity contribution in [3.63, 3.8) is 0 Å². The van der Waals surface area contributed by atoms with Crippen LogP contribution in [0.1, 0.15) is 41.0 Å². The fourth-order valence-electron chi connectivity index (χ4n) is 2.63. The fourth-order valence-corrected chi connectivity index (χ4v) is 2.63. The van der Waals surface area contributed by atoms with E-state index in [1.165, 1.54) is 5.56 Å². The lowest BCUT2D eigenvalue weighted by Gasteiger charge is -2.11. The number of carbonyl (C=O) groups excluding carboxylic acids is 1. The van der Waals surface area contributed by atoms with Crippen molar-refractivity contribution in [2.45, 2.75) is 33.3 Å². The molecule has 0 radical (unpaired) electrons. The fraction of sp³-hybridized carbons (Fsp3) is 0.333. The third kappa shape index (κ3) is 2.96. The Morgan fingerprint density at radius 2 is 2.18 bits per heavy atom. The van der Waals surface area contributed by atoms with E-state index in [9.17, 15) is 4.79 Å². The number of nitrogens with zero attached hydrogens (tertiary/aromatic N) is 1. The van der Waals surface area contributed by atoms with Gasteiger partial charge in [0.2, 0.25) is 0 Å². The van der Waals surface area contributed by atoms with Gasteiger partial charge in [-0.25, -0.2) is 4.98 Å². The number of fused-ring (bicyclic) bond motifs is 1. The van der Waals surface area contributed by atoms with Gasteiger partial charge in [-0.05, 0) is 49.1 Å². The zero-order valence-electron chi connectivity index (χ0n) is 13.0. The quantitative estimate of drug-likeness (QED) is 0.859. The molecule has 0 unspecified atom stereocenters. The standard InChI is InChI=1S/C18H20N2O2/c1-3-13-4-7-17(16(10-13)12(2)21)22-11-15-6-5-14-8-9-19-18(14)20-15/h4-7,10H,3,8-9,11H2,1-2H3,(H,19,20). The normalized spacial score (nSPS) is 12.6. The summed E-state index contributed by atoms with van der Waals surface area (Å²) >= 11 is 0. The highest BCUT2D eigenvalue weighted by atomic mass is 16.5. The first-order chi connectivity index (χ1) is 10.7. The Bertz CT molecular complexity index is 710. The van der Waals surface area contributed by atoms with Crippen molar-refractivity contribution in [1.82, 2.24) is 4.98 Å². The monoisotopic (exact) mass is 296 g/mol. The summed E-state index contributed by atoms with van der Waals surface area (Å²) in [7, 11) is 0. The molecule has 22 heavy (non-hydrogen) atoms. The smallest absolute Gasteiger partial charge is 0.163 e. The molecule has 1 aliphatic heterocycles. The number of Topliss-reactive ketones (excluding diaryl/α,β-unsaturated/α-hetero) is 1. The molecular weight excluding hydrogens is 276 g/mol.